The fourth-order valence-electron chi connectivity index (χ4n) is 3.58. The Balaban J connectivity index is 1.57. The predicted octanol–water partition coefficient (Wildman–Crippen LogP) is 2.36. The van der Waals surface area contributed by atoms with E-state index in [2.05, 4.69) is 9.88 Å². The van der Waals surface area contributed by atoms with Crippen molar-refractivity contribution in [1.29, 1.82) is 0 Å². The van der Waals surface area contributed by atoms with E-state index in [1.165, 1.54) is 7.11 Å². The van der Waals surface area contributed by atoms with E-state index >= 15 is 0 Å². The molecule has 0 fully saturated rings. The van der Waals surface area contributed by atoms with Gasteiger partial charge < -0.3 is 15.5 Å². The van der Waals surface area contributed by atoms with Gasteiger partial charge in [-0.1, -0.05) is 12.1 Å². The second-order valence-corrected chi connectivity index (χ2v) is 7.11. The highest BCUT2D eigenvalue weighted by Gasteiger charge is 2.21. The van der Waals surface area contributed by atoms with Crippen molar-refractivity contribution in [2.45, 2.75) is 19.5 Å². The molecule has 2 aromatic carbocycles. The lowest BCUT2D eigenvalue weighted by Gasteiger charge is -2.27. The molecule has 1 aromatic heterocycles. The average molecular weight is 390 g/mol. The van der Waals surface area contributed by atoms with Gasteiger partial charge in [-0.2, -0.15) is 0 Å². The number of H-pyrrole nitrogens is 1. The molecule has 0 spiro atoms. The number of fused-ring (bicyclic) bond motifs is 1. The number of carbonyl (C=O) groups excluding carboxylic acids is 1. The number of methoxy groups -OCH3 is 1. The summed E-state index contributed by atoms with van der Waals surface area (Å²) in [6, 6.07) is 14.7. The lowest BCUT2D eigenvalue weighted by molar-refractivity contribution is 0.0600. The molecule has 3 aromatic rings. The molecule has 0 unspecified atom stereocenters. The minimum Gasteiger partial charge on any atom is -0.465 e. The van der Waals surface area contributed by atoms with E-state index < -0.39 is 0 Å². The summed E-state index contributed by atoms with van der Waals surface area (Å²) in [6.45, 7) is 1.99. The van der Waals surface area contributed by atoms with Gasteiger partial charge in [0.25, 0.3) is 5.56 Å². The number of carbonyl (C=O) groups is 1. The van der Waals surface area contributed by atoms with Crippen LogP contribution < -0.4 is 11.3 Å². The van der Waals surface area contributed by atoms with Gasteiger partial charge in [0, 0.05) is 36.4 Å². The SMILES string of the molecule is COC(=O)c1cccc(CN2CCc3c(nc(-c4ccc(N)cc4)[nH]c3=O)C2)c1. The topological polar surface area (TPSA) is 101 Å². The third-order valence-corrected chi connectivity index (χ3v) is 5.09. The van der Waals surface area contributed by atoms with E-state index in [4.69, 9.17) is 15.5 Å². The highest BCUT2D eigenvalue weighted by atomic mass is 16.5. The molecule has 0 saturated heterocycles. The quantitative estimate of drug-likeness (QED) is 0.524. The molecule has 3 N–H and O–H groups in total. The van der Waals surface area contributed by atoms with E-state index in [1.54, 1.807) is 18.2 Å². The predicted molar refractivity (Wildman–Crippen MR) is 110 cm³/mol. The first kappa shape index (κ1) is 18.9. The van der Waals surface area contributed by atoms with E-state index in [9.17, 15) is 9.59 Å². The molecule has 0 aliphatic carbocycles. The maximum Gasteiger partial charge on any atom is 0.337 e. The van der Waals surface area contributed by atoms with Crippen LogP contribution in [-0.4, -0.2) is 34.5 Å². The minimum absolute atomic E-state index is 0.0887. The molecule has 7 heteroatoms. The van der Waals surface area contributed by atoms with Crippen LogP contribution in [0.4, 0.5) is 5.69 Å². The number of hydrogen-bond donors (Lipinski definition) is 2. The molecule has 2 heterocycles. The number of esters is 1. The van der Waals surface area contributed by atoms with Gasteiger partial charge in [0.2, 0.25) is 0 Å². The van der Waals surface area contributed by atoms with E-state index in [-0.39, 0.29) is 11.5 Å². The van der Waals surface area contributed by atoms with Gasteiger partial charge in [-0.05, 0) is 48.4 Å². The average Bonchev–Trinajstić information content (AvgIpc) is 2.73. The van der Waals surface area contributed by atoms with Crippen LogP contribution >= 0.6 is 0 Å². The molecule has 0 bridgehead atoms. The summed E-state index contributed by atoms with van der Waals surface area (Å²) in [5, 5.41) is 0. The maximum atomic E-state index is 12.6. The first-order chi connectivity index (χ1) is 14.0. The number of ether oxygens (including phenoxy) is 1. The van der Waals surface area contributed by atoms with Gasteiger partial charge in [0.15, 0.2) is 0 Å². The summed E-state index contributed by atoms with van der Waals surface area (Å²) in [5.41, 5.74) is 10.2. The number of hydrogen-bond acceptors (Lipinski definition) is 6. The van der Waals surface area contributed by atoms with Crippen molar-refractivity contribution in [2.75, 3.05) is 19.4 Å². The lowest BCUT2D eigenvalue weighted by Crippen LogP contribution is -2.35. The molecule has 4 rings (SSSR count). The zero-order chi connectivity index (χ0) is 20.4. The van der Waals surface area contributed by atoms with Crippen molar-refractivity contribution < 1.29 is 9.53 Å². The Morgan fingerprint density at radius 1 is 1.24 bits per heavy atom. The fraction of sp³-hybridized carbons (Fsp3) is 0.227. The highest BCUT2D eigenvalue weighted by Crippen LogP contribution is 2.21. The van der Waals surface area contributed by atoms with Crippen LogP contribution in [-0.2, 0) is 24.2 Å². The Hall–Kier alpha value is -3.45. The Morgan fingerprint density at radius 2 is 2.03 bits per heavy atom. The zero-order valence-electron chi connectivity index (χ0n) is 16.1. The summed E-state index contributed by atoms with van der Waals surface area (Å²) < 4.78 is 4.79. The van der Waals surface area contributed by atoms with Crippen molar-refractivity contribution in [3.8, 4) is 11.4 Å². The first-order valence-corrected chi connectivity index (χ1v) is 9.41. The standard InChI is InChI=1S/C22H22N4O3/c1-29-22(28)16-4-2-3-14(11-16)12-26-10-9-18-19(13-26)24-20(25-21(18)27)15-5-7-17(23)8-6-15/h2-8,11H,9-10,12-13,23H2,1H3,(H,24,25,27). The largest absolute Gasteiger partial charge is 0.465 e. The Morgan fingerprint density at radius 3 is 2.79 bits per heavy atom. The minimum atomic E-state index is -0.350. The normalized spacial score (nSPS) is 13.7. The number of nitrogens with two attached hydrogens (primary N) is 1. The van der Waals surface area contributed by atoms with Crippen molar-refractivity contribution in [3.63, 3.8) is 0 Å². The molecular weight excluding hydrogens is 368 g/mol. The van der Waals surface area contributed by atoms with Crippen LogP contribution in [0.1, 0.15) is 27.2 Å². The first-order valence-electron chi connectivity index (χ1n) is 9.41. The third-order valence-electron chi connectivity index (χ3n) is 5.09. The van der Waals surface area contributed by atoms with Gasteiger partial charge in [0.1, 0.15) is 5.82 Å². The van der Waals surface area contributed by atoms with Crippen LogP contribution in [0.2, 0.25) is 0 Å². The number of anilines is 1. The van der Waals surface area contributed by atoms with Crippen LogP contribution in [0.5, 0.6) is 0 Å². The van der Waals surface area contributed by atoms with Crippen molar-refractivity contribution >= 4 is 11.7 Å². The Kier molecular flexibility index (Phi) is 5.14. The summed E-state index contributed by atoms with van der Waals surface area (Å²) in [5.74, 6) is 0.195. The maximum absolute atomic E-state index is 12.6. The Labute approximate surface area is 168 Å². The molecule has 29 heavy (non-hydrogen) atoms. The molecule has 148 valence electrons. The smallest absolute Gasteiger partial charge is 0.337 e. The molecule has 7 nitrogen and oxygen atoms in total. The van der Waals surface area contributed by atoms with Crippen molar-refractivity contribution in [3.05, 3.63) is 81.3 Å². The molecule has 0 amide bonds. The second-order valence-electron chi connectivity index (χ2n) is 7.11. The summed E-state index contributed by atoms with van der Waals surface area (Å²) >= 11 is 0. The van der Waals surface area contributed by atoms with Crippen LogP contribution in [0, 0.1) is 0 Å². The molecular formula is C22H22N4O3. The number of aromatic nitrogens is 2. The van der Waals surface area contributed by atoms with E-state index in [1.807, 2.05) is 30.3 Å². The molecule has 0 saturated carbocycles. The number of aromatic amines is 1. The lowest BCUT2D eigenvalue weighted by atomic mass is 10.0. The van der Waals surface area contributed by atoms with Crippen molar-refractivity contribution in [2.24, 2.45) is 0 Å². The van der Waals surface area contributed by atoms with Gasteiger partial charge in [-0.3, -0.25) is 9.69 Å². The van der Waals surface area contributed by atoms with Crippen LogP contribution in [0.3, 0.4) is 0 Å². The molecule has 0 atom stereocenters. The third kappa shape index (κ3) is 4.05. The number of nitrogens with zero attached hydrogens (tertiary/aromatic N) is 2. The van der Waals surface area contributed by atoms with Crippen molar-refractivity contribution in [1.82, 2.24) is 14.9 Å². The highest BCUT2D eigenvalue weighted by molar-refractivity contribution is 5.89. The fourth-order valence-corrected chi connectivity index (χ4v) is 3.58. The number of nitrogens with one attached hydrogen (secondary N) is 1. The van der Waals surface area contributed by atoms with Gasteiger partial charge >= 0.3 is 5.97 Å². The summed E-state index contributed by atoms with van der Waals surface area (Å²) in [6.07, 6.45) is 0.635. The van der Waals surface area contributed by atoms with Crippen LogP contribution in [0.15, 0.2) is 53.3 Å². The molecule has 0 radical (unpaired) electrons. The van der Waals surface area contributed by atoms with E-state index in [0.717, 1.165) is 28.9 Å². The van der Waals surface area contributed by atoms with E-state index in [0.29, 0.717) is 36.6 Å². The molecule has 1 aliphatic rings. The van der Waals surface area contributed by atoms with Gasteiger partial charge in [-0.25, -0.2) is 9.78 Å². The van der Waals surface area contributed by atoms with Gasteiger partial charge in [0.05, 0.1) is 18.4 Å². The number of benzene rings is 2. The Bertz CT molecular complexity index is 1110. The zero-order valence-corrected chi connectivity index (χ0v) is 16.1. The second kappa shape index (κ2) is 7.89. The number of nitrogen functional groups attached to an aromatic ring is 1. The molecule has 1 aliphatic heterocycles. The monoisotopic (exact) mass is 390 g/mol. The van der Waals surface area contributed by atoms with Crippen LogP contribution in [0.25, 0.3) is 11.4 Å². The summed E-state index contributed by atoms with van der Waals surface area (Å²) in [7, 11) is 1.37. The van der Waals surface area contributed by atoms with Gasteiger partial charge in [-0.15, -0.1) is 0 Å². The number of rotatable bonds is 4. The summed E-state index contributed by atoms with van der Waals surface area (Å²) in [4.78, 5) is 34.1.